The zero-order valence-electron chi connectivity index (χ0n) is 16.1. The third-order valence-electron chi connectivity index (χ3n) is 6.78. The van der Waals surface area contributed by atoms with Gasteiger partial charge in [0.15, 0.2) is 0 Å². The molecular formula is C14F24. The maximum Gasteiger partial charge on any atom is 0.382 e. The molecule has 0 heterocycles. The number of halogens is 24. The van der Waals surface area contributed by atoms with Crippen molar-refractivity contribution in [3.05, 3.63) is 0 Å². The molecular weight excluding hydrogens is 624 g/mol. The van der Waals surface area contributed by atoms with Gasteiger partial charge in [0.25, 0.3) is 22.7 Å². The van der Waals surface area contributed by atoms with Crippen LogP contribution in [0.15, 0.2) is 0 Å². The van der Waals surface area contributed by atoms with Crippen molar-refractivity contribution in [1.82, 2.24) is 0 Å². The van der Waals surface area contributed by atoms with Crippen LogP contribution in [0.5, 0.6) is 0 Å². The highest BCUT2D eigenvalue weighted by molar-refractivity contribution is 5.51. The Morgan fingerprint density at radius 1 is 0.132 bits per heavy atom. The molecule has 4 atom stereocenters. The van der Waals surface area contributed by atoms with Crippen LogP contribution in [0.25, 0.3) is 0 Å². The van der Waals surface area contributed by atoms with Crippen LogP contribution < -0.4 is 0 Å². The fourth-order valence-corrected chi connectivity index (χ4v) is 4.69. The minimum Gasteiger partial charge on any atom is -0.229 e. The number of hydrogen-bond donors (Lipinski definition) is 0. The van der Waals surface area contributed by atoms with E-state index < -0.39 is 81.9 Å². The Morgan fingerprint density at radius 3 is 0.395 bits per heavy atom. The van der Waals surface area contributed by atoms with Gasteiger partial charge in [0.1, 0.15) is 0 Å². The Bertz CT molecular complexity index is 982. The van der Waals surface area contributed by atoms with Gasteiger partial charge in [-0.25, -0.2) is 17.6 Å². The molecule has 38 heavy (non-hydrogen) atoms. The van der Waals surface area contributed by atoms with E-state index in [0.717, 1.165) is 0 Å². The number of alkyl halides is 24. The number of hydrogen-bond acceptors (Lipinski definition) is 0. The Balaban J connectivity index is 2.86. The normalized spacial score (nSPS) is 47.4. The largest absolute Gasteiger partial charge is 0.382 e. The average Bonchev–Trinajstić information content (AvgIpc) is 2.72. The molecule has 3 fully saturated rings. The lowest BCUT2D eigenvalue weighted by molar-refractivity contribution is -0.587. The van der Waals surface area contributed by atoms with Gasteiger partial charge in [-0.15, -0.1) is 0 Å². The zero-order chi connectivity index (χ0) is 31.0. The van der Waals surface area contributed by atoms with Gasteiger partial charge in [-0.3, -0.25) is 0 Å². The topological polar surface area (TPSA) is 0 Å². The molecule has 0 spiro atoms. The first-order valence-electron chi connectivity index (χ1n) is 8.54. The van der Waals surface area contributed by atoms with E-state index in [1.54, 1.807) is 0 Å². The monoisotopic (exact) mass is 624 g/mol. The summed E-state index contributed by atoms with van der Waals surface area (Å²) in [4.78, 5) is 0. The van der Waals surface area contributed by atoms with E-state index in [2.05, 4.69) is 0 Å². The van der Waals surface area contributed by atoms with Crippen molar-refractivity contribution in [2.24, 2.45) is 0 Å². The van der Waals surface area contributed by atoms with Gasteiger partial charge in [0, 0.05) is 0 Å². The van der Waals surface area contributed by atoms with Crippen LogP contribution in [0.2, 0.25) is 0 Å². The van der Waals surface area contributed by atoms with Gasteiger partial charge in [0.05, 0.1) is 0 Å². The van der Waals surface area contributed by atoms with Crippen molar-refractivity contribution < 1.29 is 105 Å². The predicted molar refractivity (Wildman–Crippen MR) is 64.8 cm³/mol. The standard InChI is InChI=1S/C14F24/c15-1-2(16)4(18,10(29,30)14(37,38)12(33,34)6(2,21)22)8(25,26)7(23,24)3(1,17)9(27,28)13(35,36)11(31,32)5(1,19)20/t1-,2-,3+,4+/m0/s1. The van der Waals surface area contributed by atoms with Crippen molar-refractivity contribution >= 4 is 0 Å². The molecule has 0 unspecified atom stereocenters. The lowest BCUT2D eigenvalue weighted by Gasteiger charge is -2.70. The van der Waals surface area contributed by atoms with Crippen molar-refractivity contribution in [3.63, 3.8) is 0 Å². The third kappa shape index (κ3) is 1.88. The van der Waals surface area contributed by atoms with E-state index in [4.69, 9.17) is 0 Å². The minimum atomic E-state index is -9.77. The highest BCUT2D eigenvalue weighted by Crippen LogP contribution is 2.87. The molecule has 3 rings (SSSR count). The molecule has 0 amide bonds. The maximum atomic E-state index is 15.3. The molecule has 0 aromatic carbocycles. The smallest absolute Gasteiger partial charge is 0.229 e. The maximum absolute atomic E-state index is 15.3. The second-order valence-corrected chi connectivity index (χ2v) is 8.38. The highest BCUT2D eigenvalue weighted by atomic mass is 19.4. The second kappa shape index (κ2) is 6.14. The van der Waals surface area contributed by atoms with Gasteiger partial charge in [0.2, 0.25) is 0 Å². The predicted octanol–water partition coefficient (Wildman–Crippen LogP) is 7.21. The highest BCUT2D eigenvalue weighted by Gasteiger charge is 3.21. The van der Waals surface area contributed by atoms with E-state index in [1.807, 2.05) is 0 Å². The summed E-state index contributed by atoms with van der Waals surface area (Å²) in [5.74, 6) is -91.1. The van der Waals surface area contributed by atoms with Crippen LogP contribution >= 0.6 is 0 Å². The van der Waals surface area contributed by atoms with Crippen molar-refractivity contribution in [2.45, 2.75) is 81.9 Å². The minimum absolute atomic E-state index is 8.76. The van der Waals surface area contributed by atoms with Crippen LogP contribution in [0.3, 0.4) is 0 Å². The molecule has 0 bridgehead atoms. The molecule has 3 aliphatic carbocycles. The Hall–Kier alpha value is -1.68. The summed E-state index contributed by atoms with van der Waals surface area (Å²) < 4.78 is 339. The second-order valence-electron chi connectivity index (χ2n) is 8.38. The fraction of sp³-hybridized carbons (Fsp3) is 1.00. The van der Waals surface area contributed by atoms with Crippen LogP contribution in [-0.4, -0.2) is 81.9 Å². The van der Waals surface area contributed by atoms with Crippen LogP contribution in [0.4, 0.5) is 105 Å². The molecule has 24 heteroatoms. The van der Waals surface area contributed by atoms with E-state index in [0.29, 0.717) is 0 Å². The summed E-state index contributed by atoms with van der Waals surface area (Å²) in [6, 6.07) is 0. The van der Waals surface area contributed by atoms with Gasteiger partial charge in [-0.1, -0.05) is 0 Å². The molecule has 0 N–H and O–H groups in total. The molecule has 0 saturated heterocycles. The van der Waals surface area contributed by atoms with E-state index in [1.165, 1.54) is 0 Å². The lowest BCUT2D eigenvalue weighted by Crippen LogP contribution is -3.06. The van der Waals surface area contributed by atoms with Crippen molar-refractivity contribution in [2.75, 3.05) is 0 Å². The first-order valence-corrected chi connectivity index (χ1v) is 8.54. The zero-order valence-corrected chi connectivity index (χ0v) is 16.1. The van der Waals surface area contributed by atoms with Crippen molar-refractivity contribution in [1.29, 1.82) is 0 Å². The number of fused-ring (bicyclic) bond motifs is 3. The summed E-state index contributed by atoms with van der Waals surface area (Å²) in [5.41, 5.74) is -38.6. The van der Waals surface area contributed by atoms with Crippen molar-refractivity contribution in [3.8, 4) is 0 Å². The lowest BCUT2D eigenvalue weighted by atomic mass is 9.43. The van der Waals surface area contributed by atoms with Gasteiger partial charge < -0.3 is 0 Å². The van der Waals surface area contributed by atoms with E-state index >= 15 is 8.78 Å². The molecule has 3 aliphatic rings. The number of rotatable bonds is 0. The Morgan fingerprint density at radius 2 is 0.237 bits per heavy atom. The Labute approximate surface area is 188 Å². The van der Waals surface area contributed by atoms with Crippen LogP contribution in [-0.2, 0) is 0 Å². The van der Waals surface area contributed by atoms with Crippen LogP contribution in [0, 0.1) is 0 Å². The molecule has 0 aromatic heterocycles. The molecule has 3 saturated carbocycles. The first kappa shape index (κ1) is 30.9. The summed E-state index contributed by atoms with van der Waals surface area (Å²) in [6.45, 7) is 0. The molecule has 0 aliphatic heterocycles. The van der Waals surface area contributed by atoms with Gasteiger partial charge >= 0.3 is 59.2 Å². The van der Waals surface area contributed by atoms with E-state index in [-0.39, 0.29) is 0 Å². The molecule has 0 nitrogen and oxygen atoms in total. The third-order valence-corrected chi connectivity index (χ3v) is 6.78. The summed E-state index contributed by atoms with van der Waals surface area (Å²) >= 11 is 0. The van der Waals surface area contributed by atoms with Gasteiger partial charge in [-0.2, -0.15) is 87.8 Å². The molecule has 224 valence electrons. The molecule has 0 radical (unpaired) electrons. The first-order chi connectivity index (χ1) is 16.0. The SMILES string of the molecule is FC1(F)C(F)(F)C(F)(F)[C@@]2(F)[C@](F)(C1(F)F)C(F)(F)C(F)(F)[C@@]1(F)C(F)(F)C(F)(F)C(F)(F)C(F)(F)[C@@]12F. The fourth-order valence-electron chi connectivity index (χ4n) is 4.69. The Kier molecular flexibility index (Phi) is 4.98. The summed E-state index contributed by atoms with van der Waals surface area (Å²) in [6.07, 6.45) is 0. The van der Waals surface area contributed by atoms with Gasteiger partial charge in [-0.05, 0) is 0 Å². The average molecular weight is 624 g/mol. The van der Waals surface area contributed by atoms with E-state index in [9.17, 15) is 96.6 Å². The summed E-state index contributed by atoms with van der Waals surface area (Å²) in [5, 5.41) is 0. The molecule has 0 aromatic rings. The quantitative estimate of drug-likeness (QED) is 0.250. The summed E-state index contributed by atoms with van der Waals surface area (Å²) in [7, 11) is 0. The van der Waals surface area contributed by atoms with Crippen LogP contribution in [0.1, 0.15) is 0 Å².